The van der Waals surface area contributed by atoms with Gasteiger partial charge >= 0.3 is 6.18 Å². The molecule has 2 aromatic carbocycles. The first-order valence-corrected chi connectivity index (χ1v) is 11.2. The number of carboxylic acids is 1. The number of alkyl halides is 3. The molecule has 1 N–H and O–H groups in total. The third-order valence-electron chi connectivity index (χ3n) is 5.05. The van der Waals surface area contributed by atoms with E-state index in [0.717, 1.165) is 12.0 Å². The standard InChI is InChI=1S/C22H23Cl2N3O.C2HF3O2/c1-16(26-22(28)10-12-27-13-11-25-15-27)21(18-4-8-20(24)9-5-18)14-17-2-6-19(23)7-3-17;3-2(4,5)1(6)7/h2-9,11,13,15-16,21H,10,12,14H2,1H3,(H,26,28);(H,6,7)/p-1/t16-,21+;/m1./s1. The SMILES string of the molecule is C[C@@H](NC(=O)CCn1ccnc1)[C@H](Cc1ccc(Cl)cc1)c1ccc(Cl)cc1.O=C([O-])C(F)(F)F. The van der Waals surface area contributed by atoms with E-state index < -0.39 is 12.1 Å². The Kier molecular flexibility index (Phi) is 10.6. The zero-order chi connectivity index (χ0) is 26.0. The predicted molar refractivity (Wildman–Crippen MR) is 125 cm³/mol. The maximum atomic E-state index is 12.5. The number of aromatic nitrogens is 2. The van der Waals surface area contributed by atoms with Crippen LogP contribution in [0.2, 0.25) is 10.0 Å². The minimum atomic E-state index is -5.19. The molecule has 0 saturated heterocycles. The summed E-state index contributed by atoms with van der Waals surface area (Å²) in [5.41, 5.74) is 2.31. The summed E-state index contributed by atoms with van der Waals surface area (Å²) < 4.78 is 33.4. The fraction of sp³-hybridized carbons (Fsp3) is 0.292. The van der Waals surface area contributed by atoms with E-state index >= 15 is 0 Å². The van der Waals surface area contributed by atoms with Gasteiger partial charge in [0.15, 0.2) is 0 Å². The number of nitrogens with zero attached hydrogens (tertiary/aromatic N) is 2. The molecule has 1 amide bonds. The minimum Gasteiger partial charge on any atom is -0.542 e. The number of hydrogen-bond acceptors (Lipinski definition) is 4. The normalized spacial score (nSPS) is 12.7. The molecule has 1 heterocycles. The van der Waals surface area contributed by atoms with Crippen LogP contribution in [-0.2, 0) is 22.6 Å². The van der Waals surface area contributed by atoms with E-state index in [9.17, 15) is 18.0 Å². The van der Waals surface area contributed by atoms with Gasteiger partial charge in [0.2, 0.25) is 5.91 Å². The topological polar surface area (TPSA) is 87.0 Å². The van der Waals surface area contributed by atoms with Crippen LogP contribution in [0.15, 0.2) is 67.3 Å². The summed E-state index contributed by atoms with van der Waals surface area (Å²) in [5, 5.41) is 13.4. The third kappa shape index (κ3) is 10.00. The van der Waals surface area contributed by atoms with Gasteiger partial charge in [0, 0.05) is 47.4 Å². The van der Waals surface area contributed by atoms with Gasteiger partial charge in [-0.1, -0.05) is 47.5 Å². The maximum absolute atomic E-state index is 12.5. The number of imidazole rings is 1. The summed E-state index contributed by atoms with van der Waals surface area (Å²) in [7, 11) is 0. The van der Waals surface area contributed by atoms with Crippen LogP contribution in [-0.4, -0.2) is 33.6 Å². The smallest absolute Gasteiger partial charge is 0.430 e. The number of carbonyl (C=O) groups excluding carboxylic acids is 2. The van der Waals surface area contributed by atoms with Gasteiger partial charge in [-0.25, -0.2) is 4.98 Å². The lowest BCUT2D eigenvalue weighted by Crippen LogP contribution is -2.38. The predicted octanol–water partition coefficient (Wildman–Crippen LogP) is 4.41. The molecule has 3 aromatic rings. The van der Waals surface area contributed by atoms with Gasteiger partial charge in [0.25, 0.3) is 0 Å². The first kappa shape index (κ1) is 28.2. The van der Waals surface area contributed by atoms with Crippen molar-refractivity contribution in [2.75, 3.05) is 0 Å². The molecular formula is C24H23Cl2F3N3O3-. The van der Waals surface area contributed by atoms with Crippen LogP contribution in [0.4, 0.5) is 13.2 Å². The molecule has 0 bridgehead atoms. The molecule has 0 radical (unpaired) electrons. The zero-order valence-corrected chi connectivity index (χ0v) is 20.1. The van der Waals surface area contributed by atoms with Crippen LogP contribution < -0.4 is 10.4 Å². The minimum absolute atomic E-state index is 0.0243. The van der Waals surface area contributed by atoms with Crippen molar-refractivity contribution in [3.8, 4) is 0 Å². The summed E-state index contributed by atoms with van der Waals surface area (Å²) in [6.45, 7) is 2.66. The quantitative estimate of drug-likeness (QED) is 0.469. The van der Waals surface area contributed by atoms with Gasteiger partial charge in [0.05, 0.1) is 6.33 Å². The lowest BCUT2D eigenvalue weighted by Gasteiger charge is -2.26. The summed E-state index contributed by atoms with van der Waals surface area (Å²) >= 11 is 12.1. The van der Waals surface area contributed by atoms with Crippen LogP contribution in [0.1, 0.15) is 30.4 Å². The summed E-state index contributed by atoms with van der Waals surface area (Å²) in [6, 6.07) is 15.6. The third-order valence-corrected chi connectivity index (χ3v) is 5.55. The molecule has 0 aliphatic carbocycles. The number of rotatable bonds is 8. The fourth-order valence-corrected chi connectivity index (χ4v) is 3.50. The van der Waals surface area contributed by atoms with Gasteiger partial charge in [0.1, 0.15) is 5.97 Å². The number of carboxylic acid groups (broad SMARTS) is 1. The first-order valence-electron chi connectivity index (χ1n) is 10.5. The highest BCUT2D eigenvalue weighted by Crippen LogP contribution is 2.27. The van der Waals surface area contributed by atoms with E-state index in [0.29, 0.717) is 23.0 Å². The molecule has 6 nitrogen and oxygen atoms in total. The molecule has 11 heteroatoms. The summed E-state index contributed by atoms with van der Waals surface area (Å²) in [5.74, 6) is -2.86. The lowest BCUT2D eigenvalue weighted by molar-refractivity contribution is -0.344. The number of nitrogens with one attached hydrogen (secondary N) is 1. The van der Waals surface area contributed by atoms with Crippen molar-refractivity contribution in [2.45, 2.75) is 44.4 Å². The van der Waals surface area contributed by atoms with Crippen molar-refractivity contribution in [1.82, 2.24) is 14.9 Å². The van der Waals surface area contributed by atoms with Gasteiger partial charge in [-0.3, -0.25) is 4.79 Å². The zero-order valence-electron chi connectivity index (χ0n) is 18.6. The molecule has 1 aromatic heterocycles. The molecule has 3 rings (SSSR count). The van der Waals surface area contributed by atoms with E-state index in [1.54, 1.807) is 12.5 Å². The molecule has 0 fully saturated rings. The molecular weight excluding hydrogens is 506 g/mol. The van der Waals surface area contributed by atoms with E-state index in [2.05, 4.69) is 10.3 Å². The van der Waals surface area contributed by atoms with Gasteiger partial charge in [-0.15, -0.1) is 0 Å². The molecule has 0 unspecified atom stereocenters. The second-order valence-electron chi connectivity index (χ2n) is 7.68. The Hall–Kier alpha value is -3.04. The van der Waals surface area contributed by atoms with Crippen molar-refractivity contribution in [3.63, 3.8) is 0 Å². The van der Waals surface area contributed by atoms with E-state index in [-0.39, 0.29) is 17.9 Å². The van der Waals surface area contributed by atoms with Gasteiger partial charge < -0.3 is 19.8 Å². The maximum Gasteiger partial charge on any atom is 0.430 e. The fourth-order valence-electron chi connectivity index (χ4n) is 3.24. The molecule has 0 spiro atoms. The number of benzene rings is 2. The van der Waals surface area contributed by atoms with E-state index in [1.165, 1.54) is 5.56 Å². The number of halogens is 5. The van der Waals surface area contributed by atoms with Crippen LogP contribution >= 0.6 is 23.2 Å². The second-order valence-corrected chi connectivity index (χ2v) is 8.55. The second kappa shape index (κ2) is 13.2. The Bertz CT molecular complexity index is 1070. The first-order chi connectivity index (χ1) is 16.5. The number of hydrogen-bond donors (Lipinski definition) is 1. The van der Waals surface area contributed by atoms with Crippen molar-refractivity contribution in [2.24, 2.45) is 0 Å². The molecule has 35 heavy (non-hydrogen) atoms. The lowest BCUT2D eigenvalue weighted by atomic mass is 9.86. The Morgan fingerprint density at radius 1 is 1.06 bits per heavy atom. The average Bonchev–Trinajstić information content (AvgIpc) is 3.31. The van der Waals surface area contributed by atoms with Crippen molar-refractivity contribution in [1.29, 1.82) is 0 Å². The highest BCUT2D eigenvalue weighted by atomic mass is 35.5. The molecule has 0 aliphatic rings. The molecule has 0 saturated carbocycles. The highest BCUT2D eigenvalue weighted by Gasteiger charge is 2.28. The summed E-state index contributed by atoms with van der Waals surface area (Å²) in [4.78, 5) is 25.2. The Balaban J connectivity index is 0.000000540. The highest BCUT2D eigenvalue weighted by molar-refractivity contribution is 6.30. The van der Waals surface area contributed by atoms with Crippen LogP contribution in [0.5, 0.6) is 0 Å². The van der Waals surface area contributed by atoms with E-state index in [1.807, 2.05) is 66.2 Å². The van der Waals surface area contributed by atoms with Gasteiger partial charge in [-0.2, -0.15) is 13.2 Å². The number of aryl methyl sites for hydroxylation is 1. The Morgan fingerprint density at radius 2 is 1.60 bits per heavy atom. The van der Waals surface area contributed by atoms with Gasteiger partial charge in [-0.05, 0) is 48.7 Å². The van der Waals surface area contributed by atoms with Crippen LogP contribution in [0.3, 0.4) is 0 Å². The Labute approximate surface area is 210 Å². The average molecular weight is 529 g/mol. The molecule has 188 valence electrons. The van der Waals surface area contributed by atoms with Crippen LogP contribution in [0, 0.1) is 0 Å². The number of carbonyl (C=O) groups is 2. The monoisotopic (exact) mass is 528 g/mol. The molecule has 0 aliphatic heterocycles. The molecule has 2 atom stereocenters. The number of amides is 1. The largest absolute Gasteiger partial charge is 0.542 e. The number of aliphatic carboxylic acids is 1. The van der Waals surface area contributed by atoms with Crippen molar-refractivity contribution >= 4 is 35.1 Å². The van der Waals surface area contributed by atoms with Crippen LogP contribution in [0.25, 0.3) is 0 Å². The Morgan fingerprint density at radius 3 is 2.09 bits per heavy atom. The van der Waals surface area contributed by atoms with E-state index in [4.69, 9.17) is 33.1 Å². The van der Waals surface area contributed by atoms with Crippen molar-refractivity contribution in [3.05, 3.63) is 88.4 Å². The van der Waals surface area contributed by atoms with Crippen molar-refractivity contribution < 1.29 is 27.9 Å². The summed E-state index contributed by atoms with van der Waals surface area (Å²) in [6.07, 6.45) is 1.29.